The van der Waals surface area contributed by atoms with Crippen molar-refractivity contribution in [3.8, 4) is 0 Å². The van der Waals surface area contributed by atoms with Gasteiger partial charge in [-0.1, -0.05) is 32.0 Å². The Bertz CT molecular complexity index is 401. The van der Waals surface area contributed by atoms with E-state index < -0.39 is 5.60 Å². The van der Waals surface area contributed by atoms with Crippen molar-refractivity contribution in [2.75, 3.05) is 12.3 Å². The van der Waals surface area contributed by atoms with E-state index >= 15 is 0 Å². The van der Waals surface area contributed by atoms with Crippen LogP contribution in [0.25, 0.3) is 0 Å². The highest BCUT2D eigenvalue weighted by atomic mass is 16.3. The molecular weight excluding hydrogens is 228 g/mol. The second-order valence-corrected chi connectivity index (χ2v) is 4.58. The average Bonchev–Trinajstić information content (AvgIpc) is 2.39. The number of rotatable bonds is 6. The zero-order valence-corrected chi connectivity index (χ0v) is 11.1. The second-order valence-electron chi connectivity index (χ2n) is 4.58. The number of hydrogen-bond donors (Lipinski definition) is 3. The van der Waals surface area contributed by atoms with Gasteiger partial charge in [-0.05, 0) is 24.5 Å². The van der Waals surface area contributed by atoms with E-state index in [-0.39, 0.29) is 18.9 Å². The molecule has 1 aromatic carbocycles. The Kier molecular flexibility index (Phi) is 5.16. The van der Waals surface area contributed by atoms with Crippen molar-refractivity contribution in [3.63, 3.8) is 0 Å². The molecule has 0 saturated carbocycles. The minimum atomic E-state index is -0.808. The number of anilines is 1. The third-order valence-electron chi connectivity index (χ3n) is 3.34. The maximum Gasteiger partial charge on any atom is 0.224 e. The Morgan fingerprint density at radius 1 is 1.33 bits per heavy atom. The summed E-state index contributed by atoms with van der Waals surface area (Å²) in [5.41, 5.74) is 6.40. The lowest BCUT2D eigenvalue weighted by atomic mass is 9.97. The molecule has 0 aliphatic rings. The molecule has 0 bridgehead atoms. The number of para-hydroxylation sites is 1. The molecule has 4 nitrogen and oxygen atoms in total. The van der Waals surface area contributed by atoms with Gasteiger partial charge >= 0.3 is 0 Å². The van der Waals surface area contributed by atoms with Gasteiger partial charge in [0.15, 0.2) is 0 Å². The molecule has 0 aliphatic carbocycles. The molecule has 0 aromatic heterocycles. The molecule has 1 rings (SSSR count). The molecule has 100 valence electrons. The summed E-state index contributed by atoms with van der Waals surface area (Å²) in [7, 11) is 0. The van der Waals surface area contributed by atoms with Crippen molar-refractivity contribution in [2.24, 2.45) is 0 Å². The van der Waals surface area contributed by atoms with Crippen LogP contribution < -0.4 is 11.1 Å². The predicted octanol–water partition coefficient (Wildman–Crippen LogP) is 1.48. The molecule has 0 saturated heterocycles. The van der Waals surface area contributed by atoms with Crippen molar-refractivity contribution in [2.45, 2.75) is 38.7 Å². The van der Waals surface area contributed by atoms with Crippen molar-refractivity contribution >= 4 is 11.6 Å². The van der Waals surface area contributed by atoms with Crippen LogP contribution in [-0.4, -0.2) is 23.2 Å². The predicted molar refractivity (Wildman–Crippen MR) is 73.1 cm³/mol. The lowest BCUT2D eigenvalue weighted by molar-refractivity contribution is -0.121. The Morgan fingerprint density at radius 2 is 1.94 bits per heavy atom. The van der Waals surface area contributed by atoms with Gasteiger partial charge < -0.3 is 16.2 Å². The highest BCUT2D eigenvalue weighted by Crippen LogP contribution is 2.14. The number of nitrogens with one attached hydrogen (secondary N) is 1. The van der Waals surface area contributed by atoms with Crippen LogP contribution in [0.4, 0.5) is 5.69 Å². The van der Waals surface area contributed by atoms with Gasteiger partial charge in [-0.15, -0.1) is 0 Å². The monoisotopic (exact) mass is 250 g/mol. The summed E-state index contributed by atoms with van der Waals surface area (Å²) in [5, 5.41) is 12.8. The first-order chi connectivity index (χ1) is 8.50. The van der Waals surface area contributed by atoms with Crippen LogP contribution in [0.3, 0.4) is 0 Å². The Hall–Kier alpha value is -1.55. The minimum Gasteiger partial charge on any atom is -0.398 e. The summed E-state index contributed by atoms with van der Waals surface area (Å²) < 4.78 is 0. The van der Waals surface area contributed by atoms with Gasteiger partial charge in [-0.3, -0.25) is 4.79 Å². The Labute approximate surface area is 108 Å². The molecule has 0 aliphatic heterocycles. The van der Waals surface area contributed by atoms with Crippen LogP contribution in [0, 0.1) is 0 Å². The lowest BCUT2D eigenvalue weighted by Gasteiger charge is -2.25. The third kappa shape index (κ3) is 4.04. The van der Waals surface area contributed by atoms with Crippen LogP contribution in [0.2, 0.25) is 0 Å². The van der Waals surface area contributed by atoms with E-state index in [1.54, 1.807) is 6.07 Å². The van der Waals surface area contributed by atoms with Crippen LogP contribution >= 0.6 is 0 Å². The molecule has 0 heterocycles. The number of benzene rings is 1. The van der Waals surface area contributed by atoms with E-state index in [4.69, 9.17) is 5.73 Å². The number of nitrogens with two attached hydrogens (primary N) is 1. The Morgan fingerprint density at radius 3 is 2.50 bits per heavy atom. The molecule has 4 N–H and O–H groups in total. The van der Waals surface area contributed by atoms with E-state index in [1.165, 1.54) is 0 Å². The number of amides is 1. The molecule has 1 amide bonds. The molecular formula is C14H22N2O2. The Balaban J connectivity index is 2.50. The molecule has 0 fully saturated rings. The summed E-state index contributed by atoms with van der Waals surface area (Å²) >= 11 is 0. The maximum atomic E-state index is 11.8. The number of aliphatic hydroxyl groups is 1. The quantitative estimate of drug-likeness (QED) is 0.669. The van der Waals surface area contributed by atoms with Crippen LogP contribution in [0.1, 0.15) is 32.3 Å². The highest BCUT2D eigenvalue weighted by molar-refractivity contribution is 5.80. The fourth-order valence-corrected chi connectivity index (χ4v) is 1.69. The van der Waals surface area contributed by atoms with E-state index in [1.807, 2.05) is 32.0 Å². The summed E-state index contributed by atoms with van der Waals surface area (Å²) in [6, 6.07) is 7.30. The van der Waals surface area contributed by atoms with Crippen LogP contribution in [0.15, 0.2) is 24.3 Å². The number of carbonyl (C=O) groups is 1. The summed E-state index contributed by atoms with van der Waals surface area (Å²) in [4.78, 5) is 11.8. The number of nitrogen functional groups attached to an aromatic ring is 1. The number of carbonyl (C=O) groups excluding carboxylic acids is 1. The molecule has 0 spiro atoms. The van der Waals surface area contributed by atoms with Crippen molar-refractivity contribution in [3.05, 3.63) is 29.8 Å². The highest BCUT2D eigenvalue weighted by Gasteiger charge is 2.22. The molecule has 1 aromatic rings. The second kappa shape index (κ2) is 6.40. The molecule has 0 atom stereocenters. The molecule has 0 radical (unpaired) electrons. The van der Waals surface area contributed by atoms with E-state index in [2.05, 4.69) is 5.32 Å². The van der Waals surface area contributed by atoms with E-state index in [9.17, 15) is 9.90 Å². The first-order valence-electron chi connectivity index (χ1n) is 6.33. The van der Waals surface area contributed by atoms with Gasteiger partial charge in [-0.25, -0.2) is 0 Å². The molecule has 4 heteroatoms. The third-order valence-corrected chi connectivity index (χ3v) is 3.34. The maximum absolute atomic E-state index is 11.8. The molecule has 18 heavy (non-hydrogen) atoms. The lowest BCUT2D eigenvalue weighted by Crippen LogP contribution is -2.42. The van der Waals surface area contributed by atoms with Gasteiger partial charge in [0.25, 0.3) is 0 Å². The largest absolute Gasteiger partial charge is 0.398 e. The smallest absolute Gasteiger partial charge is 0.224 e. The van der Waals surface area contributed by atoms with E-state index in [0.29, 0.717) is 18.5 Å². The summed E-state index contributed by atoms with van der Waals surface area (Å²) in [5.74, 6) is -0.117. The topological polar surface area (TPSA) is 75.3 Å². The zero-order chi connectivity index (χ0) is 13.6. The van der Waals surface area contributed by atoms with Crippen molar-refractivity contribution in [1.82, 2.24) is 5.32 Å². The van der Waals surface area contributed by atoms with Crippen LogP contribution in [0.5, 0.6) is 0 Å². The fraction of sp³-hybridized carbons (Fsp3) is 0.500. The van der Waals surface area contributed by atoms with Crippen molar-refractivity contribution in [1.29, 1.82) is 0 Å². The van der Waals surface area contributed by atoms with Gasteiger partial charge in [-0.2, -0.15) is 0 Å². The van der Waals surface area contributed by atoms with Gasteiger partial charge in [0.1, 0.15) is 0 Å². The standard InChI is InChI=1S/C14H22N2O2/c1-3-14(18,4-2)10-16-13(17)9-11-7-5-6-8-12(11)15/h5-8,18H,3-4,9-10,15H2,1-2H3,(H,16,17). The normalized spacial score (nSPS) is 11.3. The minimum absolute atomic E-state index is 0.117. The zero-order valence-electron chi connectivity index (χ0n) is 11.1. The van der Waals surface area contributed by atoms with Crippen molar-refractivity contribution < 1.29 is 9.90 Å². The fourth-order valence-electron chi connectivity index (χ4n) is 1.69. The average molecular weight is 250 g/mol. The summed E-state index contributed by atoms with van der Waals surface area (Å²) in [6.07, 6.45) is 1.49. The first-order valence-corrected chi connectivity index (χ1v) is 6.33. The van der Waals surface area contributed by atoms with Gasteiger partial charge in [0, 0.05) is 12.2 Å². The van der Waals surface area contributed by atoms with Crippen LogP contribution in [-0.2, 0) is 11.2 Å². The van der Waals surface area contributed by atoms with Gasteiger partial charge in [0.2, 0.25) is 5.91 Å². The molecule has 0 unspecified atom stereocenters. The SMILES string of the molecule is CCC(O)(CC)CNC(=O)Cc1ccccc1N. The first kappa shape index (κ1) is 14.5. The van der Waals surface area contributed by atoms with E-state index in [0.717, 1.165) is 5.56 Å². The summed E-state index contributed by atoms with van der Waals surface area (Å²) in [6.45, 7) is 4.10. The number of hydrogen-bond acceptors (Lipinski definition) is 3. The van der Waals surface area contributed by atoms with Gasteiger partial charge in [0.05, 0.1) is 12.0 Å².